The minimum atomic E-state index is -2.30. The molecule has 73 heavy (non-hydrogen) atoms. The van der Waals surface area contributed by atoms with E-state index in [1.807, 2.05) is 91.0 Å². The topological polar surface area (TPSA) is 183 Å². The molecule has 1 saturated heterocycles. The predicted molar refractivity (Wildman–Crippen MR) is 265 cm³/mol. The monoisotopic (exact) mass is 987 g/mol. The third-order valence-electron chi connectivity index (χ3n) is 15.9. The van der Waals surface area contributed by atoms with Crippen molar-refractivity contribution in [2.75, 3.05) is 13.2 Å². The standard InChI is InChI=1S/C59H57NO13/c1-35-43(69-55(65)49-47(38-23-13-7-14-24-38)60-53(71-49)39-25-15-8-16-26-39)32-59(66)52(72-54(64)40-27-17-9-18-28-40)50-57(5,42(37-21-11-6-12-22-37)31-44-58(50,34-68-44)73-36(2)61)51(63)48(46(35)56(59,3)4)70-45(62)33-67-41-29-19-10-20-30-41/h6-30,42-44,47-50,52,66H,31-34H2,1-5H3/t42-,43?,44-,47+,48-,49-,50+,52+,57-,58+,59-/m1/s1. The summed E-state index contributed by atoms with van der Waals surface area (Å²) >= 11 is 0. The summed E-state index contributed by atoms with van der Waals surface area (Å²) in [6, 6.07) is 43.6. The number of rotatable bonds is 12. The number of carbonyl (C=O) groups is 5. The lowest BCUT2D eigenvalue weighted by molar-refractivity contribution is -0.336. The average molecular weight is 988 g/mol. The van der Waals surface area contributed by atoms with Crippen molar-refractivity contribution in [2.45, 2.75) is 101 Å². The van der Waals surface area contributed by atoms with E-state index in [4.69, 9.17) is 38.2 Å². The van der Waals surface area contributed by atoms with Gasteiger partial charge in [-0.15, -0.1) is 0 Å². The number of aliphatic imine (C=N–C) groups is 1. The first-order valence-electron chi connectivity index (χ1n) is 24.6. The summed E-state index contributed by atoms with van der Waals surface area (Å²) in [7, 11) is 0. The zero-order chi connectivity index (χ0) is 51.3. The number of Topliss-reactive ketones (excluding diaryl/α,β-unsaturated/α-hetero) is 1. The quantitative estimate of drug-likeness (QED) is 0.0717. The Balaban J connectivity index is 1.16. The van der Waals surface area contributed by atoms with Crippen LogP contribution in [0.2, 0.25) is 0 Å². The van der Waals surface area contributed by atoms with Gasteiger partial charge in [0.1, 0.15) is 35.7 Å². The molecule has 2 heterocycles. The highest BCUT2D eigenvalue weighted by Crippen LogP contribution is 2.67. The van der Waals surface area contributed by atoms with Crippen molar-refractivity contribution in [1.29, 1.82) is 0 Å². The van der Waals surface area contributed by atoms with Gasteiger partial charge in [0.05, 0.1) is 18.1 Å². The smallest absolute Gasteiger partial charge is 0.350 e. The number of nitrogens with zero attached hydrogens (tertiary/aromatic N) is 1. The van der Waals surface area contributed by atoms with E-state index in [0.29, 0.717) is 28.0 Å². The first kappa shape index (κ1) is 49.2. The Hall–Kier alpha value is -7.42. The molecular weight excluding hydrogens is 931 g/mol. The maximum atomic E-state index is 16.7. The van der Waals surface area contributed by atoms with Crippen LogP contribution in [0.1, 0.15) is 86.5 Å². The van der Waals surface area contributed by atoms with Crippen LogP contribution in [0.4, 0.5) is 0 Å². The normalized spacial score (nSPS) is 30.8. The van der Waals surface area contributed by atoms with Crippen LogP contribution in [0.15, 0.2) is 168 Å². The number of aliphatic hydroxyl groups is 1. The first-order chi connectivity index (χ1) is 35.1. The molecule has 14 heteroatoms. The summed E-state index contributed by atoms with van der Waals surface area (Å²) in [6.07, 6.45) is -7.22. The van der Waals surface area contributed by atoms with E-state index >= 15 is 9.59 Å². The van der Waals surface area contributed by atoms with Crippen molar-refractivity contribution in [2.24, 2.45) is 21.7 Å². The minimum Gasteiger partial charge on any atom is -0.482 e. The SMILES string of the molecule is CC(=O)O[C@@]12CO[C@@H]1C[C@H](c1ccccc1)[C@@]1(C)C(=O)[C@H](OC(=O)COc3ccccc3)C3=C(C)C(OC(=O)[C@@H]4OC(c5ccccc5)=N[C@H]4c4ccccc4)C[C@@](O)([C@@H](OC(=O)c4ccccc4)[C@H]21)C3(C)C. The van der Waals surface area contributed by atoms with Gasteiger partial charge in [0.25, 0.3) is 0 Å². The molecule has 11 atom stereocenters. The van der Waals surface area contributed by atoms with Gasteiger partial charge in [-0.25, -0.2) is 19.4 Å². The third-order valence-corrected chi connectivity index (χ3v) is 15.9. The number of hydrogen-bond acceptors (Lipinski definition) is 14. The van der Waals surface area contributed by atoms with Crippen molar-refractivity contribution in [3.63, 3.8) is 0 Å². The maximum absolute atomic E-state index is 16.7. The molecule has 3 fully saturated rings. The molecule has 1 unspecified atom stereocenters. The van der Waals surface area contributed by atoms with Crippen molar-refractivity contribution >= 4 is 35.6 Å². The summed E-state index contributed by atoms with van der Waals surface area (Å²) < 4.78 is 44.8. The largest absolute Gasteiger partial charge is 0.482 e. The van der Waals surface area contributed by atoms with Crippen LogP contribution in [0, 0.1) is 16.7 Å². The highest BCUT2D eigenvalue weighted by atomic mass is 16.6. The Bertz CT molecular complexity index is 2960. The lowest BCUT2D eigenvalue weighted by atomic mass is 9.42. The Labute approximate surface area is 423 Å². The number of ketones is 1. The van der Waals surface area contributed by atoms with Crippen LogP contribution in [-0.2, 0) is 47.6 Å². The Morgan fingerprint density at radius 3 is 1.95 bits per heavy atom. The summed E-state index contributed by atoms with van der Waals surface area (Å²) in [4.78, 5) is 79.4. The Kier molecular flexibility index (Phi) is 12.9. The highest BCUT2D eigenvalue weighted by Gasteiger charge is 2.78. The van der Waals surface area contributed by atoms with Gasteiger partial charge in [0.2, 0.25) is 12.0 Å². The summed E-state index contributed by atoms with van der Waals surface area (Å²) in [5.74, 6) is -5.44. The number of esters is 4. The van der Waals surface area contributed by atoms with Crippen molar-refractivity contribution < 1.29 is 62.2 Å². The third kappa shape index (κ3) is 8.49. The van der Waals surface area contributed by atoms with E-state index in [0.717, 1.165) is 0 Å². The fourth-order valence-electron chi connectivity index (χ4n) is 12.3. The Morgan fingerprint density at radius 1 is 0.753 bits per heavy atom. The van der Waals surface area contributed by atoms with E-state index < -0.39 is 113 Å². The molecule has 0 spiro atoms. The number of carbonyl (C=O) groups excluding carboxylic acids is 5. The van der Waals surface area contributed by atoms with Crippen LogP contribution >= 0.6 is 0 Å². The molecule has 5 aliphatic rings. The van der Waals surface area contributed by atoms with Gasteiger partial charge in [0.15, 0.2) is 24.1 Å². The molecule has 2 aliphatic heterocycles. The van der Waals surface area contributed by atoms with Crippen LogP contribution in [-0.4, -0.2) is 95.6 Å². The second-order valence-corrected chi connectivity index (χ2v) is 20.3. The molecule has 10 rings (SSSR count). The molecule has 14 nitrogen and oxygen atoms in total. The van der Waals surface area contributed by atoms with E-state index in [-0.39, 0.29) is 30.1 Å². The molecular formula is C59H57NO13. The minimum absolute atomic E-state index is 0.131. The predicted octanol–water partition coefficient (Wildman–Crippen LogP) is 8.27. The fourth-order valence-corrected chi connectivity index (χ4v) is 12.3. The maximum Gasteiger partial charge on any atom is 0.350 e. The van der Waals surface area contributed by atoms with Gasteiger partial charge >= 0.3 is 23.9 Å². The molecule has 5 aromatic rings. The molecule has 5 aromatic carbocycles. The van der Waals surface area contributed by atoms with Crippen LogP contribution in [0.3, 0.4) is 0 Å². The molecule has 2 saturated carbocycles. The van der Waals surface area contributed by atoms with Crippen molar-refractivity contribution in [3.05, 3.63) is 185 Å². The molecule has 376 valence electrons. The molecule has 2 bridgehead atoms. The number of benzene rings is 5. The zero-order valence-corrected chi connectivity index (χ0v) is 41.2. The molecule has 0 aromatic heterocycles. The average Bonchev–Trinajstić information content (AvgIpc) is 3.85. The number of hydrogen-bond donors (Lipinski definition) is 1. The second-order valence-electron chi connectivity index (χ2n) is 20.3. The lowest BCUT2D eigenvalue weighted by Gasteiger charge is -2.68. The lowest BCUT2D eigenvalue weighted by Crippen LogP contribution is -2.80. The molecule has 0 amide bonds. The van der Waals surface area contributed by atoms with Crippen LogP contribution < -0.4 is 4.74 Å². The number of para-hydroxylation sites is 1. The number of fused-ring (bicyclic) bond motifs is 5. The Morgan fingerprint density at radius 2 is 1.34 bits per heavy atom. The molecule has 1 N–H and O–H groups in total. The van der Waals surface area contributed by atoms with Crippen molar-refractivity contribution in [3.8, 4) is 5.75 Å². The van der Waals surface area contributed by atoms with Crippen LogP contribution in [0.25, 0.3) is 0 Å². The zero-order valence-electron chi connectivity index (χ0n) is 41.2. The molecule has 0 radical (unpaired) electrons. The van der Waals surface area contributed by atoms with Gasteiger partial charge in [-0.2, -0.15) is 0 Å². The second kappa shape index (κ2) is 19.2. The fraction of sp³-hybridized carbons (Fsp3) is 0.356. The van der Waals surface area contributed by atoms with E-state index in [9.17, 15) is 19.5 Å². The number of ether oxygens (including phenoxy) is 7. The first-order valence-corrected chi connectivity index (χ1v) is 24.6. The van der Waals surface area contributed by atoms with Crippen molar-refractivity contribution in [1.82, 2.24) is 0 Å². The highest BCUT2D eigenvalue weighted by molar-refractivity contribution is 5.98. The van der Waals surface area contributed by atoms with E-state index in [1.54, 1.807) is 88.4 Å². The summed E-state index contributed by atoms with van der Waals surface area (Å²) in [5, 5.41) is 14.3. The summed E-state index contributed by atoms with van der Waals surface area (Å²) in [6.45, 7) is 7.18. The summed E-state index contributed by atoms with van der Waals surface area (Å²) in [5.41, 5.74) is -4.77. The van der Waals surface area contributed by atoms with Gasteiger partial charge in [-0.3, -0.25) is 9.59 Å². The van der Waals surface area contributed by atoms with Gasteiger partial charge in [-0.05, 0) is 77.9 Å². The van der Waals surface area contributed by atoms with Gasteiger partial charge in [0, 0.05) is 29.7 Å². The van der Waals surface area contributed by atoms with Gasteiger partial charge in [-0.1, -0.05) is 136 Å². The van der Waals surface area contributed by atoms with E-state index in [2.05, 4.69) is 0 Å². The van der Waals surface area contributed by atoms with E-state index in [1.165, 1.54) is 6.92 Å². The van der Waals surface area contributed by atoms with Gasteiger partial charge < -0.3 is 38.3 Å². The van der Waals surface area contributed by atoms with Crippen LogP contribution in [0.5, 0.6) is 5.75 Å². The molecule has 3 aliphatic carbocycles.